The third-order valence-electron chi connectivity index (χ3n) is 4.80. The molecule has 0 radical (unpaired) electrons. The molecule has 0 N–H and O–H groups in total. The molecular formula is C23H22. The van der Waals surface area contributed by atoms with Crippen LogP contribution in [0.5, 0.6) is 0 Å². The predicted octanol–water partition coefficient (Wildman–Crippen LogP) is 6.75. The van der Waals surface area contributed by atoms with Gasteiger partial charge in [0, 0.05) is 0 Å². The molecule has 0 fully saturated rings. The van der Waals surface area contributed by atoms with E-state index in [1.807, 2.05) is 0 Å². The lowest BCUT2D eigenvalue weighted by molar-refractivity contribution is 0.592. The maximum Gasteiger partial charge on any atom is -0.0123 e. The zero-order valence-corrected chi connectivity index (χ0v) is 14.3. The Hall–Kier alpha value is -2.34. The molecule has 0 aliphatic carbocycles. The minimum Gasteiger partial charge on any atom is -0.0616 e. The van der Waals surface area contributed by atoms with E-state index < -0.39 is 0 Å². The standard InChI is InChI=1S/C23H22/c1-15-9-10-18-13-19-11-16-7-5-6-8-17(16)12-20(19)14-21(18)22(15)23(2,3)4/h5-14H,1-4H3. The van der Waals surface area contributed by atoms with Crippen LogP contribution in [0.1, 0.15) is 31.9 Å². The molecule has 0 heteroatoms. The SMILES string of the molecule is Cc1ccc2cc3cc4ccccc4cc3cc2c1C(C)(C)C. The average Bonchev–Trinajstić information content (AvgIpc) is 2.49. The normalized spacial score (nSPS) is 12.3. The quantitative estimate of drug-likeness (QED) is 0.315. The Morgan fingerprint density at radius 2 is 1.17 bits per heavy atom. The summed E-state index contributed by atoms with van der Waals surface area (Å²) in [7, 11) is 0. The molecule has 0 heterocycles. The van der Waals surface area contributed by atoms with Crippen LogP contribution in [0.4, 0.5) is 0 Å². The third-order valence-corrected chi connectivity index (χ3v) is 4.80. The summed E-state index contributed by atoms with van der Waals surface area (Å²) in [5.74, 6) is 0. The summed E-state index contributed by atoms with van der Waals surface area (Å²) in [5, 5.41) is 7.99. The summed E-state index contributed by atoms with van der Waals surface area (Å²) >= 11 is 0. The van der Waals surface area contributed by atoms with Gasteiger partial charge in [-0.25, -0.2) is 0 Å². The van der Waals surface area contributed by atoms with Crippen LogP contribution in [-0.4, -0.2) is 0 Å². The largest absolute Gasteiger partial charge is 0.0616 e. The van der Waals surface area contributed by atoms with Gasteiger partial charge in [0.1, 0.15) is 0 Å². The molecule has 0 nitrogen and oxygen atoms in total. The van der Waals surface area contributed by atoms with E-state index in [4.69, 9.17) is 0 Å². The lowest BCUT2D eigenvalue weighted by Crippen LogP contribution is -2.13. The fraction of sp³-hybridized carbons (Fsp3) is 0.217. The zero-order chi connectivity index (χ0) is 16.2. The van der Waals surface area contributed by atoms with Crippen LogP contribution in [0.2, 0.25) is 0 Å². The highest BCUT2D eigenvalue weighted by atomic mass is 14.2. The van der Waals surface area contributed by atoms with E-state index >= 15 is 0 Å². The summed E-state index contributed by atoms with van der Waals surface area (Å²) in [6, 6.07) is 22.5. The molecule has 4 aromatic rings. The second-order valence-electron chi connectivity index (χ2n) is 7.63. The third kappa shape index (κ3) is 2.30. The lowest BCUT2D eigenvalue weighted by Gasteiger charge is -2.24. The van der Waals surface area contributed by atoms with E-state index in [0.717, 1.165) is 0 Å². The molecule has 0 unspecified atom stereocenters. The van der Waals surface area contributed by atoms with Crippen molar-refractivity contribution < 1.29 is 0 Å². The van der Waals surface area contributed by atoms with Crippen LogP contribution < -0.4 is 0 Å². The molecule has 0 saturated heterocycles. The van der Waals surface area contributed by atoms with E-state index in [1.54, 1.807) is 0 Å². The monoisotopic (exact) mass is 298 g/mol. The van der Waals surface area contributed by atoms with Crippen LogP contribution in [-0.2, 0) is 5.41 Å². The van der Waals surface area contributed by atoms with Gasteiger partial charge in [-0.1, -0.05) is 57.2 Å². The fourth-order valence-corrected chi connectivity index (χ4v) is 3.87. The maximum absolute atomic E-state index is 2.38. The predicted molar refractivity (Wildman–Crippen MR) is 102 cm³/mol. The minimum absolute atomic E-state index is 0.147. The maximum atomic E-state index is 2.38. The molecule has 114 valence electrons. The number of benzene rings is 4. The molecule has 0 saturated carbocycles. The lowest BCUT2D eigenvalue weighted by atomic mass is 9.80. The van der Waals surface area contributed by atoms with Crippen LogP contribution in [0.15, 0.2) is 60.7 Å². The summed E-state index contributed by atoms with van der Waals surface area (Å²) < 4.78 is 0. The van der Waals surface area contributed by atoms with Gasteiger partial charge in [-0.3, -0.25) is 0 Å². The van der Waals surface area contributed by atoms with Gasteiger partial charge in [-0.05, 0) is 80.0 Å². The van der Waals surface area contributed by atoms with Crippen LogP contribution in [0.3, 0.4) is 0 Å². The highest BCUT2D eigenvalue weighted by Crippen LogP contribution is 2.36. The topological polar surface area (TPSA) is 0 Å². The van der Waals surface area contributed by atoms with E-state index in [-0.39, 0.29) is 5.41 Å². The Balaban J connectivity index is 2.15. The molecule has 0 spiro atoms. The van der Waals surface area contributed by atoms with Gasteiger partial charge < -0.3 is 0 Å². The van der Waals surface area contributed by atoms with E-state index in [1.165, 1.54) is 43.4 Å². The van der Waals surface area contributed by atoms with Crippen molar-refractivity contribution in [2.75, 3.05) is 0 Å². The number of hydrogen-bond acceptors (Lipinski definition) is 0. The first-order valence-electron chi connectivity index (χ1n) is 8.30. The molecule has 0 amide bonds. The fourth-order valence-electron chi connectivity index (χ4n) is 3.87. The van der Waals surface area contributed by atoms with Crippen molar-refractivity contribution in [3.05, 3.63) is 71.8 Å². The molecule has 0 aliphatic heterocycles. The number of rotatable bonds is 0. The highest BCUT2D eigenvalue weighted by Gasteiger charge is 2.19. The molecule has 0 aromatic heterocycles. The van der Waals surface area contributed by atoms with Crippen molar-refractivity contribution in [3.63, 3.8) is 0 Å². The molecular weight excluding hydrogens is 276 g/mol. The number of aryl methyl sites for hydroxylation is 1. The van der Waals surface area contributed by atoms with E-state index in [9.17, 15) is 0 Å². The van der Waals surface area contributed by atoms with Crippen molar-refractivity contribution in [2.45, 2.75) is 33.1 Å². The molecule has 0 atom stereocenters. The number of fused-ring (bicyclic) bond motifs is 3. The Morgan fingerprint density at radius 1 is 0.609 bits per heavy atom. The summed E-state index contributed by atoms with van der Waals surface area (Å²) in [4.78, 5) is 0. The van der Waals surface area contributed by atoms with Gasteiger partial charge >= 0.3 is 0 Å². The first-order valence-corrected chi connectivity index (χ1v) is 8.30. The second-order valence-corrected chi connectivity index (χ2v) is 7.63. The van der Waals surface area contributed by atoms with Gasteiger partial charge in [0.25, 0.3) is 0 Å². The Bertz CT molecular complexity index is 1050. The van der Waals surface area contributed by atoms with Crippen LogP contribution in [0, 0.1) is 6.92 Å². The minimum atomic E-state index is 0.147. The smallest absolute Gasteiger partial charge is 0.0123 e. The Kier molecular flexibility index (Phi) is 2.99. The first-order chi connectivity index (χ1) is 10.9. The first kappa shape index (κ1) is 14.3. The van der Waals surface area contributed by atoms with Crippen LogP contribution >= 0.6 is 0 Å². The van der Waals surface area contributed by atoms with Gasteiger partial charge in [0.15, 0.2) is 0 Å². The summed E-state index contributed by atoms with van der Waals surface area (Å²) in [5.41, 5.74) is 2.99. The number of hydrogen-bond donors (Lipinski definition) is 0. The van der Waals surface area contributed by atoms with Gasteiger partial charge in [-0.2, -0.15) is 0 Å². The molecule has 4 rings (SSSR count). The van der Waals surface area contributed by atoms with Crippen molar-refractivity contribution >= 4 is 32.3 Å². The molecule has 4 aromatic carbocycles. The molecule has 0 aliphatic rings. The second kappa shape index (κ2) is 4.83. The average molecular weight is 298 g/mol. The van der Waals surface area contributed by atoms with Gasteiger partial charge in [0.05, 0.1) is 0 Å². The summed E-state index contributed by atoms with van der Waals surface area (Å²) in [6.45, 7) is 9.14. The summed E-state index contributed by atoms with van der Waals surface area (Å²) in [6.07, 6.45) is 0. The van der Waals surface area contributed by atoms with E-state index in [0.29, 0.717) is 0 Å². The van der Waals surface area contributed by atoms with Crippen molar-refractivity contribution in [1.82, 2.24) is 0 Å². The van der Waals surface area contributed by atoms with Crippen LogP contribution in [0.25, 0.3) is 32.3 Å². The van der Waals surface area contributed by atoms with Crippen molar-refractivity contribution in [2.24, 2.45) is 0 Å². The van der Waals surface area contributed by atoms with Gasteiger partial charge in [0.2, 0.25) is 0 Å². The zero-order valence-electron chi connectivity index (χ0n) is 14.3. The Morgan fingerprint density at radius 3 is 1.78 bits per heavy atom. The van der Waals surface area contributed by atoms with Crippen molar-refractivity contribution in [3.8, 4) is 0 Å². The van der Waals surface area contributed by atoms with Crippen molar-refractivity contribution in [1.29, 1.82) is 0 Å². The molecule has 23 heavy (non-hydrogen) atoms. The Labute approximate surface area is 137 Å². The van der Waals surface area contributed by atoms with E-state index in [2.05, 4.69) is 88.4 Å². The molecule has 0 bridgehead atoms. The van der Waals surface area contributed by atoms with Gasteiger partial charge in [-0.15, -0.1) is 0 Å². The highest BCUT2D eigenvalue weighted by molar-refractivity contribution is 6.05.